The third-order valence-electron chi connectivity index (χ3n) is 12.1. The third kappa shape index (κ3) is 15.9. The maximum atomic E-state index is 13.2. The molecule has 4 saturated heterocycles. The van der Waals surface area contributed by atoms with Gasteiger partial charge in [-0.1, -0.05) is 58.8 Å². The number of aliphatic hydroxyl groups excluding tert-OH is 4. The minimum absolute atomic E-state index is 0.0790. The van der Waals surface area contributed by atoms with Gasteiger partial charge < -0.3 is 82.0 Å². The van der Waals surface area contributed by atoms with E-state index < -0.39 is 153 Å². The Morgan fingerprint density at radius 3 is 1.34 bits per heavy atom. The largest absolute Gasteiger partial charge is 0.457 e. The van der Waals surface area contributed by atoms with Crippen molar-refractivity contribution in [3.05, 3.63) is 0 Å². The molecule has 0 radical (unpaired) electrons. The Balaban J connectivity index is 1.69. The normalized spacial score (nSPS) is 38.5. The number of hydrogen-bond acceptors (Lipinski definition) is 22. The Morgan fingerprint density at radius 2 is 0.779 bits per heavy atom. The summed E-state index contributed by atoms with van der Waals surface area (Å²) >= 11 is 0. The number of ether oxygens (including phenoxy) is 13. The van der Waals surface area contributed by atoms with Crippen LogP contribution in [0.2, 0.25) is 0 Å². The van der Waals surface area contributed by atoms with Crippen LogP contribution < -0.4 is 0 Å². The van der Waals surface area contributed by atoms with Crippen LogP contribution in [0.15, 0.2) is 0 Å². The van der Waals surface area contributed by atoms with Gasteiger partial charge in [0.25, 0.3) is 0 Å². The molecule has 22 heteroatoms. The van der Waals surface area contributed by atoms with E-state index in [4.69, 9.17) is 61.6 Å². The Bertz CT molecular complexity index is 1600. The van der Waals surface area contributed by atoms with E-state index in [1.54, 1.807) is 6.92 Å². The first-order valence-electron chi connectivity index (χ1n) is 24.0. The fourth-order valence-corrected chi connectivity index (χ4v) is 8.68. The summed E-state index contributed by atoms with van der Waals surface area (Å²) < 4.78 is 77.3. The molecule has 0 saturated carbocycles. The van der Waals surface area contributed by atoms with Crippen molar-refractivity contribution in [2.45, 2.75) is 256 Å². The Morgan fingerprint density at radius 1 is 0.397 bits per heavy atom. The van der Waals surface area contributed by atoms with Gasteiger partial charge in [-0.3, -0.25) is 24.0 Å². The van der Waals surface area contributed by atoms with Gasteiger partial charge in [0, 0.05) is 40.7 Å². The van der Waals surface area contributed by atoms with Crippen LogP contribution in [0.3, 0.4) is 0 Å². The summed E-state index contributed by atoms with van der Waals surface area (Å²) in [6.45, 7) is 14.8. The van der Waals surface area contributed by atoms with Crippen LogP contribution in [0, 0.1) is 0 Å². The summed E-state index contributed by atoms with van der Waals surface area (Å²) in [7, 11) is 0. The predicted molar refractivity (Wildman–Crippen MR) is 232 cm³/mol. The van der Waals surface area contributed by atoms with Crippen molar-refractivity contribution in [3.63, 3.8) is 0 Å². The van der Waals surface area contributed by atoms with E-state index in [-0.39, 0.29) is 13.0 Å². The molecule has 0 aromatic rings. The molecule has 4 heterocycles. The van der Waals surface area contributed by atoms with Crippen molar-refractivity contribution in [3.8, 4) is 0 Å². The minimum atomic E-state index is -1.94. The van der Waals surface area contributed by atoms with Crippen LogP contribution >= 0.6 is 0 Å². The number of rotatable bonds is 23. The fourth-order valence-electron chi connectivity index (χ4n) is 8.68. The van der Waals surface area contributed by atoms with E-state index in [9.17, 15) is 44.4 Å². The number of carbonyl (C=O) groups excluding carboxylic acids is 5. The SMILES string of the molecule is CCCCCCCCOC1OC(C)C(OC(=O)CCCCC)C(OC2OC(C)C(OC(C)=O)C(OC3OC(C)C(OC(C)=O)C(OC4OC(C)C(O)C(OC(C)=O)C4O)C3O)C2OC(C)=O)C1O. The Labute approximate surface area is 398 Å². The van der Waals surface area contributed by atoms with Gasteiger partial charge in [-0.25, -0.2) is 0 Å². The molecule has 392 valence electrons. The molecular weight excluding hydrogens is 904 g/mol. The zero-order valence-electron chi connectivity index (χ0n) is 41.0. The summed E-state index contributed by atoms with van der Waals surface area (Å²) in [5.74, 6) is -3.87. The number of esters is 5. The highest BCUT2D eigenvalue weighted by Gasteiger charge is 2.58. The summed E-state index contributed by atoms with van der Waals surface area (Å²) in [5, 5.41) is 45.8. The molecule has 4 rings (SSSR count). The number of aliphatic hydroxyl groups is 4. The van der Waals surface area contributed by atoms with Crippen molar-refractivity contribution in [2.24, 2.45) is 0 Å². The zero-order valence-corrected chi connectivity index (χ0v) is 41.0. The molecule has 68 heavy (non-hydrogen) atoms. The van der Waals surface area contributed by atoms with Crippen LogP contribution in [-0.2, 0) is 85.6 Å². The van der Waals surface area contributed by atoms with E-state index in [2.05, 4.69) is 6.92 Å². The molecule has 4 N–H and O–H groups in total. The highest BCUT2D eigenvalue weighted by atomic mass is 16.8. The maximum absolute atomic E-state index is 13.2. The average Bonchev–Trinajstić information content (AvgIpc) is 3.25. The second-order valence-corrected chi connectivity index (χ2v) is 17.9. The van der Waals surface area contributed by atoms with Gasteiger partial charge in [0.1, 0.15) is 42.7 Å². The van der Waals surface area contributed by atoms with Crippen LogP contribution in [0.25, 0.3) is 0 Å². The molecule has 4 aliphatic rings. The van der Waals surface area contributed by atoms with Crippen molar-refractivity contribution in [1.82, 2.24) is 0 Å². The van der Waals surface area contributed by atoms with Crippen molar-refractivity contribution < 1.29 is 106 Å². The molecular formula is C46H76O22. The first-order chi connectivity index (χ1) is 32.2. The fraction of sp³-hybridized carbons (Fsp3) is 0.891. The first-order valence-corrected chi connectivity index (χ1v) is 24.0. The van der Waals surface area contributed by atoms with E-state index in [0.29, 0.717) is 12.8 Å². The van der Waals surface area contributed by atoms with E-state index in [1.165, 1.54) is 20.8 Å². The van der Waals surface area contributed by atoms with Crippen molar-refractivity contribution in [1.29, 1.82) is 0 Å². The molecule has 4 aliphatic heterocycles. The van der Waals surface area contributed by atoms with Gasteiger partial charge in [0.05, 0.1) is 24.4 Å². The van der Waals surface area contributed by atoms with Gasteiger partial charge in [0.2, 0.25) is 0 Å². The summed E-state index contributed by atoms with van der Waals surface area (Å²) in [4.78, 5) is 63.1. The van der Waals surface area contributed by atoms with Crippen LogP contribution in [0.4, 0.5) is 0 Å². The quantitative estimate of drug-likeness (QED) is 0.0648. The average molecular weight is 981 g/mol. The lowest BCUT2D eigenvalue weighted by Gasteiger charge is -2.50. The zero-order chi connectivity index (χ0) is 50.4. The topological polar surface area (TPSA) is 286 Å². The molecule has 0 aromatic carbocycles. The Kier molecular flexibility index (Phi) is 23.2. The lowest BCUT2D eigenvalue weighted by Crippen LogP contribution is -2.68. The lowest BCUT2D eigenvalue weighted by molar-refractivity contribution is -0.385. The molecule has 22 nitrogen and oxygen atoms in total. The number of carbonyl (C=O) groups is 5. The summed E-state index contributed by atoms with van der Waals surface area (Å²) in [6.07, 6.45) is -21.1. The molecule has 0 spiro atoms. The molecule has 20 unspecified atom stereocenters. The first kappa shape index (κ1) is 57.4. The minimum Gasteiger partial charge on any atom is -0.457 e. The predicted octanol–water partition coefficient (Wildman–Crippen LogP) is 2.16. The maximum Gasteiger partial charge on any atom is 0.306 e. The van der Waals surface area contributed by atoms with Crippen LogP contribution in [0.1, 0.15) is 133 Å². The second kappa shape index (κ2) is 27.5. The molecule has 0 aliphatic carbocycles. The number of hydrogen-bond donors (Lipinski definition) is 4. The van der Waals surface area contributed by atoms with Gasteiger partial charge in [0.15, 0.2) is 55.7 Å². The molecule has 20 atom stereocenters. The summed E-state index contributed by atoms with van der Waals surface area (Å²) in [6, 6.07) is 0. The molecule has 0 amide bonds. The third-order valence-corrected chi connectivity index (χ3v) is 12.1. The lowest BCUT2D eigenvalue weighted by atomic mass is 9.95. The molecule has 4 fully saturated rings. The van der Waals surface area contributed by atoms with Crippen LogP contribution in [0.5, 0.6) is 0 Å². The van der Waals surface area contributed by atoms with E-state index in [1.807, 2.05) is 6.92 Å². The number of unbranched alkanes of at least 4 members (excludes halogenated alkanes) is 7. The second-order valence-electron chi connectivity index (χ2n) is 17.9. The monoisotopic (exact) mass is 980 g/mol. The van der Waals surface area contributed by atoms with Gasteiger partial charge >= 0.3 is 29.8 Å². The van der Waals surface area contributed by atoms with Crippen molar-refractivity contribution >= 4 is 29.8 Å². The Hall–Kier alpha value is -3.13. The highest BCUT2D eigenvalue weighted by Crippen LogP contribution is 2.38. The summed E-state index contributed by atoms with van der Waals surface area (Å²) in [5.41, 5.74) is 0. The highest BCUT2D eigenvalue weighted by molar-refractivity contribution is 5.69. The van der Waals surface area contributed by atoms with Gasteiger partial charge in [-0.15, -0.1) is 0 Å². The van der Waals surface area contributed by atoms with Crippen LogP contribution in [-0.4, -0.2) is 180 Å². The van der Waals surface area contributed by atoms with Gasteiger partial charge in [-0.05, 0) is 40.5 Å². The standard InChI is InChI=1S/C46H76O22/c1-11-13-15-16-17-19-21-56-43-33(54)39(36(24(5)58-43)65-30(51)20-18-14-12-2)67-46-42(64-29(10)50)41(37(25(6)60-46)62-27(8)48)68-45-34(55)40(35(23(4)59-45)61-26(7)47)66-44-32(53)38(63-28(9)49)31(52)22(3)57-44/h22-25,31-46,52-55H,11-21H2,1-10H3. The van der Waals surface area contributed by atoms with Crippen molar-refractivity contribution in [2.75, 3.05) is 6.61 Å². The van der Waals surface area contributed by atoms with E-state index in [0.717, 1.165) is 72.6 Å². The smallest absolute Gasteiger partial charge is 0.306 e. The van der Waals surface area contributed by atoms with E-state index >= 15 is 0 Å². The molecule has 0 bridgehead atoms. The van der Waals surface area contributed by atoms with Gasteiger partial charge in [-0.2, -0.15) is 0 Å². The molecule has 0 aromatic heterocycles.